The van der Waals surface area contributed by atoms with Gasteiger partial charge in [0.25, 0.3) is 0 Å². The van der Waals surface area contributed by atoms with Crippen LogP contribution >= 0.6 is 0 Å². The molecule has 0 atom stereocenters. The molecule has 3 heteroatoms. The topological polar surface area (TPSA) is 17.8 Å². The van der Waals surface area contributed by atoms with Crippen molar-refractivity contribution in [3.63, 3.8) is 0 Å². The molecule has 0 saturated carbocycles. The molecule has 1 heterocycles. The minimum absolute atomic E-state index is 0.231. The zero-order chi connectivity index (χ0) is 9.26. The molecule has 66 valence electrons. The molecule has 1 aromatic heterocycles. The van der Waals surface area contributed by atoms with E-state index in [1.807, 2.05) is 13.0 Å². The van der Waals surface area contributed by atoms with Crippen molar-refractivity contribution in [2.24, 2.45) is 0 Å². The van der Waals surface area contributed by atoms with Gasteiger partial charge in [-0.15, -0.1) is 0 Å². The largest absolute Gasteiger partial charge is 0.241 e. The number of aryl methyl sites for hydroxylation is 1. The Balaban J connectivity index is 2.53. The molecular weight excluding hydrogens is 167 g/mol. The van der Waals surface area contributed by atoms with Crippen LogP contribution in [0.2, 0.25) is 0 Å². The SMILES string of the molecule is Cc1cc(F)cc(-n2cccn2)c1. The van der Waals surface area contributed by atoms with E-state index in [2.05, 4.69) is 5.10 Å². The Bertz CT molecular complexity index is 387. The van der Waals surface area contributed by atoms with Crippen molar-refractivity contribution in [3.05, 3.63) is 48.0 Å². The molecule has 0 bridgehead atoms. The maximum absolute atomic E-state index is 13.0. The van der Waals surface area contributed by atoms with Gasteiger partial charge >= 0.3 is 0 Å². The molecule has 2 nitrogen and oxygen atoms in total. The zero-order valence-corrected chi connectivity index (χ0v) is 7.24. The van der Waals surface area contributed by atoms with E-state index < -0.39 is 0 Å². The number of nitrogens with zero attached hydrogens (tertiary/aromatic N) is 2. The second-order valence-corrected chi connectivity index (χ2v) is 2.94. The third-order valence-electron chi connectivity index (χ3n) is 1.80. The Hall–Kier alpha value is -1.64. The van der Waals surface area contributed by atoms with Gasteiger partial charge in [0.1, 0.15) is 5.82 Å². The summed E-state index contributed by atoms with van der Waals surface area (Å²) in [6, 6.07) is 6.64. The molecule has 0 aliphatic carbocycles. The molecule has 1 aromatic carbocycles. The Morgan fingerprint density at radius 1 is 1.31 bits per heavy atom. The van der Waals surface area contributed by atoms with Crippen molar-refractivity contribution in [2.75, 3.05) is 0 Å². The molecule has 13 heavy (non-hydrogen) atoms. The van der Waals surface area contributed by atoms with Gasteiger partial charge < -0.3 is 0 Å². The molecule has 0 fully saturated rings. The smallest absolute Gasteiger partial charge is 0.125 e. The Morgan fingerprint density at radius 3 is 2.77 bits per heavy atom. The third-order valence-corrected chi connectivity index (χ3v) is 1.80. The van der Waals surface area contributed by atoms with E-state index >= 15 is 0 Å². The van der Waals surface area contributed by atoms with Gasteiger partial charge in [-0.05, 0) is 36.8 Å². The Morgan fingerprint density at radius 2 is 2.15 bits per heavy atom. The standard InChI is InChI=1S/C10H9FN2/c1-8-5-9(11)7-10(6-8)13-4-2-3-12-13/h2-7H,1H3. The number of hydrogen-bond donors (Lipinski definition) is 0. The number of halogens is 1. The highest BCUT2D eigenvalue weighted by atomic mass is 19.1. The summed E-state index contributed by atoms with van der Waals surface area (Å²) in [6.45, 7) is 1.86. The first-order chi connectivity index (χ1) is 6.25. The summed E-state index contributed by atoms with van der Waals surface area (Å²) in [7, 11) is 0. The minimum atomic E-state index is -0.231. The van der Waals surface area contributed by atoms with E-state index in [4.69, 9.17) is 0 Å². The Kier molecular flexibility index (Phi) is 1.85. The van der Waals surface area contributed by atoms with Crippen molar-refractivity contribution < 1.29 is 4.39 Å². The second kappa shape index (κ2) is 3.01. The fourth-order valence-electron chi connectivity index (χ4n) is 1.27. The molecular formula is C10H9FN2. The van der Waals surface area contributed by atoms with Crippen LogP contribution in [0.4, 0.5) is 4.39 Å². The highest BCUT2D eigenvalue weighted by Crippen LogP contribution is 2.11. The molecule has 2 rings (SSSR count). The molecule has 0 aliphatic heterocycles. The molecule has 0 radical (unpaired) electrons. The van der Waals surface area contributed by atoms with E-state index in [-0.39, 0.29) is 5.82 Å². The molecule has 0 saturated heterocycles. The predicted molar refractivity (Wildman–Crippen MR) is 48.3 cm³/mol. The fourth-order valence-corrected chi connectivity index (χ4v) is 1.27. The quantitative estimate of drug-likeness (QED) is 0.652. The highest BCUT2D eigenvalue weighted by molar-refractivity contribution is 5.35. The normalized spacial score (nSPS) is 10.3. The van der Waals surface area contributed by atoms with E-state index in [0.29, 0.717) is 0 Å². The lowest BCUT2D eigenvalue weighted by Gasteiger charge is -2.02. The van der Waals surface area contributed by atoms with Gasteiger partial charge in [-0.2, -0.15) is 5.10 Å². The van der Waals surface area contributed by atoms with Gasteiger partial charge in [-0.1, -0.05) is 0 Å². The van der Waals surface area contributed by atoms with Crippen molar-refractivity contribution in [2.45, 2.75) is 6.92 Å². The van der Waals surface area contributed by atoms with E-state index in [1.54, 1.807) is 23.1 Å². The minimum Gasteiger partial charge on any atom is -0.241 e. The maximum atomic E-state index is 13.0. The number of rotatable bonds is 1. The predicted octanol–water partition coefficient (Wildman–Crippen LogP) is 2.32. The van der Waals surface area contributed by atoms with Gasteiger partial charge in [-0.3, -0.25) is 0 Å². The van der Waals surface area contributed by atoms with Crippen molar-refractivity contribution in [3.8, 4) is 5.69 Å². The summed E-state index contributed by atoms with van der Waals surface area (Å²) >= 11 is 0. The van der Waals surface area contributed by atoms with Crippen LogP contribution in [0.1, 0.15) is 5.56 Å². The lowest BCUT2D eigenvalue weighted by atomic mass is 10.2. The van der Waals surface area contributed by atoms with Crippen molar-refractivity contribution >= 4 is 0 Å². The molecule has 0 unspecified atom stereocenters. The summed E-state index contributed by atoms with van der Waals surface area (Å²) in [6.07, 6.45) is 3.45. The maximum Gasteiger partial charge on any atom is 0.125 e. The Labute approximate surface area is 75.6 Å². The lowest BCUT2D eigenvalue weighted by molar-refractivity contribution is 0.624. The molecule has 2 aromatic rings. The van der Waals surface area contributed by atoms with Gasteiger partial charge in [0.05, 0.1) is 5.69 Å². The first-order valence-corrected chi connectivity index (χ1v) is 4.03. The summed E-state index contributed by atoms with van der Waals surface area (Å²) < 4.78 is 14.6. The summed E-state index contributed by atoms with van der Waals surface area (Å²) in [5.74, 6) is -0.231. The van der Waals surface area contributed by atoms with Crippen LogP contribution in [0.3, 0.4) is 0 Å². The summed E-state index contributed by atoms with van der Waals surface area (Å²) in [5.41, 5.74) is 1.65. The molecule has 0 N–H and O–H groups in total. The molecule has 0 spiro atoms. The van der Waals surface area contributed by atoms with Gasteiger partial charge in [0.2, 0.25) is 0 Å². The van der Waals surface area contributed by atoms with Crippen LogP contribution < -0.4 is 0 Å². The van der Waals surface area contributed by atoms with Crippen LogP contribution in [0.15, 0.2) is 36.7 Å². The average molecular weight is 176 g/mol. The van der Waals surface area contributed by atoms with Crippen LogP contribution in [0.5, 0.6) is 0 Å². The number of aromatic nitrogens is 2. The molecule has 0 aliphatic rings. The number of benzene rings is 1. The first kappa shape index (κ1) is 7.98. The monoisotopic (exact) mass is 176 g/mol. The van der Waals surface area contributed by atoms with Gasteiger partial charge in [0, 0.05) is 12.4 Å². The average Bonchev–Trinajstić information content (AvgIpc) is 2.53. The van der Waals surface area contributed by atoms with Crippen LogP contribution in [0.25, 0.3) is 5.69 Å². The number of hydrogen-bond acceptors (Lipinski definition) is 1. The van der Waals surface area contributed by atoms with Gasteiger partial charge in [-0.25, -0.2) is 9.07 Å². The van der Waals surface area contributed by atoms with Crippen LogP contribution in [-0.2, 0) is 0 Å². The lowest BCUT2D eigenvalue weighted by Crippen LogP contribution is -1.95. The zero-order valence-electron chi connectivity index (χ0n) is 7.24. The van der Waals surface area contributed by atoms with E-state index in [1.165, 1.54) is 12.1 Å². The van der Waals surface area contributed by atoms with Gasteiger partial charge in [0.15, 0.2) is 0 Å². The van der Waals surface area contributed by atoms with E-state index in [0.717, 1.165) is 11.3 Å². The second-order valence-electron chi connectivity index (χ2n) is 2.94. The summed E-state index contributed by atoms with van der Waals surface area (Å²) in [5, 5.41) is 4.02. The molecule has 0 amide bonds. The fraction of sp³-hybridized carbons (Fsp3) is 0.100. The van der Waals surface area contributed by atoms with Crippen LogP contribution in [-0.4, -0.2) is 9.78 Å². The third kappa shape index (κ3) is 1.59. The summed E-state index contributed by atoms with van der Waals surface area (Å²) in [4.78, 5) is 0. The van der Waals surface area contributed by atoms with Crippen molar-refractivity contribution in [1.82, 2.24) is 9.78 Å². The van der Waals surface area contributed by atoms with Crippen LogP contribution in [0, 0.1) is 12.7 Å². The van der Waals surface area contributed by atoms with Crippen molar-refractivity contribution in [1.29, 1.82) is 0 Å². The highest BCUT2D eigenvalue weighted by Gasteiger charge is 1.99. The van der Waals surface area contributed by atoms with E-state index in [9.17, 15) is 4.39 Å². The first-order valence-electron chi connectivity index (χ1n) is 4.03.